The molecule has 7 nitrogen and oxygen atoms in total. The summed E-state index contributed by atoms with van der Waals surface area (Å²) in [6.07, 6.45) is 4.52. The second-order valence-corrected chi connectivity index (χ2v) is 8.37. The summed E-state index contributed by atoms with van der Waals surface area (Å²) < 4.78 is 6.24. The lowest BCUT2D eigenvalue weighted by molar-refractivity contribution is 0.481. The largest absolute Gasteiger partial charge is 0.455 e. The maximum absolute atomic E-state index is 7.44. The van der Waals surface area contributed by atoms with Crippen molar-refractivity contribution in [1.29, 1.82) is 5.41 Å². The van der Waals surface area contributed by atoms with Crippen molar-refractivity contribution in [3.05, 3.63) is 88.8 Å². The van der Waals surface area contributed by atoms with Gasteiger partial charge in [0.2, 0.25) is 0 Å². The number of hydrogen-bond acceptors (Lipinski definition) is 6. The molecule has 0 saturated carbocycles. The molecule has 0 aliphatic heterocycles. The molecule has 0 fully saturated rings. The molecule has 8 heteroatoms. The van der Waals surface area contributed by atoms with E-state index in [0.717, 1.165) is 28.2 Å². The minimum Gasteiger partial charge on any atom is -0.455 e. The van der Waals surface area contributed by atoms with Crippen LogP contribution in [-0.4, -0.2) is 20.8 Å². The van der Waals surface area contributed by atoms with Crippen LogP contribution in [0.2, 0.25) is 5.02 Å². The molecule has 4 N–H and O–H groups in total. The van der Waals surface area contributed by atoms with Crippen LogP contribution in [0.4, 0.5) is 11.5 Å². The highest BCUT2D eigenvalue weighted by atomic mass is 35.5. The second kappa shape index (κ2) is 10.3. The van der Waals surface area contributed by atoms with Crippen molar-refractivity contribution in [3.63, 3.8) is 0 Å². The minimum absolute atomic E-state index is 0.145. The van der Waals surface area contributed by atoms with Crippen LogP contribution in [0.25, 0.3) is 11.4 Å². The van der Waals surface area contributed by atoms with Gasteiger partial charge in [-0.25, -0.2) is 9.97 Å². The Labute approximate surface area is 203 Å². The Morgan fingerprint density at radius 2 is 1.91 bits per heavy atom. The van der Waals surface area contributed by atoms with Crippen LogP contribution in [-0.2, 0) is 6.42 Å². The smallest absolute Gasteiger partial charge is 0.155 e. The number of nitrogens with zero attached hydrogens (tertiary/aromatic N) is 3. The standard InChI is InChI=1S/C26H25ClN6O/c1-16-11-23(26(32-17(16)2)22-5-3-4-9-30-22)34-21-8-10-31-25(15-21)33-20-13-18(6-7-24(28)29)12-19(27)14-20/h3-5,8-15H,6-7H2,1-2H3,(H3,28,29)(H,31,33). The molecule has 3 heterocycles. The number of nitrogens with one attached hydrogen (secondary N) is 2. The van der Waals surface area contributed by atoms with E-state index < -0.39 is 0 Å². The first kappa shape index (κ1) is 23.2. The summed E-state index contributed by atoms with van der Waals surface area (Å²) in [7, 11) is 0. The van der Waals surface area contributed by atoms with Gasteiger partial charge in [0.25, 0.3) is 0 Å². The molecule has 0 spiro atoms. The predicted octanol–water partition coefficient (Wildman–Crippen LogP) is 6.21. The third-order valence-corrected chi connectivity index (χ3v) is 5.43. The summed E-state index contributed by atoms with van der Waals surface area (Å²) in [5.41, 5.74) is 10.6. The predicted molar refractivity (Wildman–Crippen MR) is 136 cm³/mol. The van der Waals surface area contributed by atoms with E-state index >= 15 is 0 Å². The zero-order valence-corrected chi connectivity index (χ0v) is 19.7. The van der Waals surface area contributed by atoms with Crippen molar-refractivity contribution in [2.75, 3.05) is 5.32 Å². The number of amidine groups is 1. The van der Waals surface area contributed by atoms with Crippen LogP contribution in [0.3, 0.4) is 0 Å². The highest BCUT2D eigenvalue weighted by Gasteiger charge is 2.13. The Morgan fingerprint density at radius 3 is 2.68 bits per heavy atom. The number of aryl methyl sites for hydroxylation is 3. The van der Waals surface area contributed by atoms with E-state index in [-0.39, 0.29) is 5.84 Å². The summed E-state index contributed by atoms with van der Waals surface area (Å²) >= 11 is 6.29. The quantitative estimate of drug-likeness (QED) is 0.207. The normalized spacial score (nSPS) is 10.7. The van der Waals surface area contributed by atoms with E-state index in [2.05, 4.69) is 15.3 Å². The third-order valence-electron chi connectivity index (χ3n) is 5.21. The zero-order valence-electron chi connectivity index (χ0n) is 19.0. The fraction of sp³-hybridized carbons (Fsp3) is 0.154. The van der Waals surface area contributed by atoms with Gasteiger partial charge in [-0.2, -0.15) is 0 Å². The lowest BCUT2D eigenvalue weighted by Crippen LogP contribution is -2.10. The Balaban J connectivity index is 1.59. The Bertz CT molecular complexity index is 1330. The Hall–Kier alpha value is -3.97. The average Bonchev–Trinajstić information content (AvgIpc) is 2.80. The van der Waals surface area contributed by atoms with Crippen molar-refractivity contribution >= 4 is 28.9 Å². The van der Waals surface area contributed by atoms with Gasteiger partial charge in [0, 0.05) is 41.3 Å². The number of rotatable bonds is 8. The molecular weight excluding hydrogens is 448 g/mol. The molecule has 0 unspecified atom stereocenters. The van der Waals surface area contributed by atoms with Crippen LogP contribution in [0, 0.1) is 19.3 Å². The molecule has 4 aromatic rings. The first-order valence-electron chi connectivity index (χ1n) is 10.8. The van der Waals surface area contributed by atoms with Crippen LogP contribution >= 0.6 is 11.6 Å². The topological polar surface area (TPSA) is 110 Å². The summed E-state index contributed by atoms with van der Waals surface area (Å²) in [4.78, 5) is 13.6. The van der Waals surface area contributed by atoms with Gasteiger partial charge in [-0.15, -0.1) is 0 Å². The number of pyridine rings is 3. The lowest BCUT2D eigenvalue weighted by atomic mass is 10.1. The maximum Gasteiger partial charge on any atom is 0.155 e. The van der Waals surface area contributed by atoms with Crippen molar-refractivity contribution in [1.82, 2.24) is 15.0 Å². The molecule has 3 aromatic heterocycles. The minimum atomic E-state index is 0.145. The molecule has 4 rings (SSSR count). The van der Waals surface area contributed by atoms with Crippen molar-refractivity contribution in [2.24, 2.45) is 5.73 Å². The molecule has 0 saturated heterocycles. The van der Waals surface area contributed by atoms with Crippen molar-refractivity contribution < 1.29 is 4.74 Å². The first-order chi connectivity index (χ1) is 16.4. The molecular formula is C26H25ClN6O. The molecule has 172 valence electrons. The number of halogens is 1. The van der Waals surface area contributed by atoms with E-state index in [1.165, 1.54) is 0 Å². The fourth-order valence-corrected chi connectivity index (χ4v) is 3.67. The Kier molecular flexibility index (Phi) is 7.04. The van der Waals surface area contributed by atoms with Gasteiger partial charge in [-0.1, -0.05) is 17.7 Å². The van der Waals surface area contributed by atoms with Gasteiger partial charge in [0.15, 0.2) is 5.75 Å². The van der Waals surface area contributed by atoms with Crippen LogP contribution in [0.1, 0.15) is 23.2 Å². The van der Waals surface area contributed by atoms with E-state index in [0.29, 0.717) is 40.9 Å². The average molecular weight is 473 g/mol. The van der Waals surface area contributed by atoms with Crippen LogP contribution in [0.15, 0.2) is 67.0 Å². The van der Waals surface area contributed by atoms with E-state index in [1.54, 1.807) is 18.5 Å². The van der Waals surface area contributed by atoms with Gasteiger partial charge >= 0.3 is 0 Å². The maximum atomic E-state index is 7.44. The third kappa shape index (κ3) is 5.88. The summed E-state index contributed by atoms with van der Waals surface area (Å²) in [6, 6.07) is 16.9. The molecule has 1 aromatic carbocycles. The zero-order chi connectivity index (χ0) is 24.1. The van der Waals surface area contributed by atoms with Crippen LogP contribution in [0.5, 0.6) is 11.5 Å². The highest BCUT2D eigenvalue weighted by molar-refractivity contribution is 6.31. The molecule has 0 radical (unpaired) electrons. The van der Waals surface area contributed by atoms with Crippen molar-refractivity contribution in [2.45, 2.75) is 26.7 Å². The summed E-state index contributed by atoms with van der Waals surface area (Å²) in [5.74, 6) is 1.98. The Morgan fingerprint density at radius 1 is 1.06 bits per heavy atom. The number of benzene rings is 1. The molecule has 0 atom stereocenters. The number of nitrogens with two attached hydrogens (primary N) is 1. The first-order valence-corrected chi connectivity index (χ1v) is 11.2. The van der Waals surface area contributed by atoms with E-state index in [9.17, 15) is 0 Å². The van der Waals surface area contributed by atoms with Gasteiger partial charge in [0.05, 0.1) is 11.5 Å². The summed E-state index contributed by atoms with van der Waals surface area (Å²) in [6.45, 7) is 3.97. The fourth-order valence-electron chi connectivity index (χ4n) is 3.41. The summed E-state index contributed by atoms with van der Waals surface area (Å²) in [5, 5.41) is 11.3. The molecule has 0 aliphatic carbocycles. The van der Waals surface area contributed by atoms with Gasteiger partial charge < -0.3 is 15.8 Å². The van der Waals surface area contributed by atoms with Crippen LogP contribution < -0.4 is 15.8 Å². The molecule has 0 aliphatic rings. The number of ether oxygens (including phenoxy) is 1. The SMILES string of the molecule is Cc1cc(Oc2ccnc(Nc3cc(Cl)cc(CCC(=N)N)c3)c2)c(-c2ccccn2)nc1C. The highest BCUT2D eigenvalue weighted by Crippen LogP contribution is 2.33. The van der Waals surface area contributed by atoms with Gasteiger partial charge in [-0.05, 0) is 73.9 Å². The second-order valence-electron chi connectivity index (χ2n) is 7.93. The molecule has 0 bridgehead atoms. The number of anilines is 2. The van der Waals surface area contributed by atoms with E-state index in [4.69, 9.17) is 32.5 Å². The molecule has 0 amide bonds. The van der Waals surface area contributed by atoms with E-state index in [1.807, 2.05) is 62.4 Å². The number of hydrogen-bond donors (Lipinski definition) is 3. The lowest BCUT2D eigenvalue weighted by Gasteiger charge is -2.14. The van der Waals surface area contributed by atoms with Gasteiger partial charge in [-0.3, -0.25) is 10.4 Å². The molecule has 34 heavy (non-hydrogen) atoms. The monoisotopic (exact) mass is 472 g/mol. The van der Waals surface area contributed by atoms with Crippen molar-refractivity contribution in [3.8, 4) is 22.9 Å². The van der Waals surface area contributed by atoms with Gasteiger partial charge in [0.1, 0.15) is 17.3 Å². The number of aromatic nitrogens is 3.